The van der Waals surface area contributed by atoms with E-state index in [2.05, 4.69) is 21.3 Å². The molecule has 0 saturated heterocycles. The Morgan fingerprint density at radius 1 is 1.23 bits per heavy atom. The normalized spacial score (nSPS) is 11.1. The molecule has 0 unspecified atom stereocenters. The zero-order valence-corrected chi connectivity index (χ0v) is 19.1. The molecule has 0 saturated carbocycles. The molecule has 0 aliphatic rings. The van der Waals surface area contributed by atoms with Crippen molar-refractivity contribution in [1.82, 2.24) is 14.3 Å². The van der Waals surface area contributed by atoms with E-state index in [0.717, 1.165) is 40.5 Å². The third kappa shape index (κ3) is 5.64. The lowest BCUT2D eigenvalue weighted by Gasteiger charge is -2.11. The molecule has 0 amide bonds. The van der Waals surface area contributed by atoms with Gasteiger partial charge in [0, 0.05) is 43.2 Å². The molecule has 3 aromatic rings. The van der Waals surface area contributed by atoms with E-state index in [1.54, 1.807) is 12.1 Å². The molecule has 0 N–H and O–H groups in total. The minimum Gasteiger partial charge on any atom is -0.430 e. The molecule has 0 atom stereocenters. The van der Waals surface area contributed by atoms with Crippen molar-refractivity contribution >= 4 is 29.2 Å². The van der Waals surface area contributed by atoms with Gasteiger partial charge in [-0.1, -0.05) is 12.1 Å². The van der Waals surface area contributed by atoms with Crippen molar-refractivity contribution in [3.05, 3.63) is 68.5 Å². The monoisotopic (exact) mass is 439 g/mol. The van der Waals surface area contributed by atoms with E-state index >= 15 is 0 Å². The van der Waals surface area contributed by atoms with Gasteiger partial charge in [0.2, 0.25) is 0 Å². The molecule has 2 aromatic carbocycles. The first kappa shape index (κ1) is 22.4. The average Bonchev–Trinajstić information content (AvgIpc) is 3.17. The molecule has 0 bridgehead atoms. The van der Waals surface area contributed by atoms with E-state index in [9.17, 15) is 10.1 Å². The van der Waals surface area contributed by atoms with Crippen LogP contribution in [0.15, 0.2) is 35.3 Å². The van der Waals surface area contributed by atoms with Gasteiger partial charge in [0.1, 0.15) is 5.75 Å². The fourth-order valence-corrected chi connectivity index (χ4v) is 3.44. The molecular formula is C22H25N5O3S. The summed E-state index contributed by atoms with van der Waals surface area (Å²) in [6.07, 6.45) is 2.08. The first-order valence-corrected chi connectivity index (χ1v) is 10.6. The van der Waals surface area contributed by atoms with E-state index in [1.807, 2.05) is 57.3 Å². The predicted octanol–water partition coefficient (Wildman–Crippen LogP) is 5.37. The second kappa shape index (κ2) is 9.65. The Labute approximate surface area is 185 Å². The number of hydrogen-bond donors (Lipinski definition) is 0. The first-order valence-electron chi connectivity index (χ1n) is 9.86. The standard InChI is InChI=1S/C22H25N5O3S/c1-6-26(5)13-23-18-10-16(4)20(11-15(18)3)30-22-24-21(25-31-22)12-17-8-7-14(2)9-19(17)27(28)29/h7-11,13H,6,12H2,1-5H3/b23-13-. The second-order valence-corrected chi connectivity index (χ2v) is 8.08. The van der Waals surface area contributed by atoms with Gasteiger partial charge in [-0.2, -0.15) is 9.36 Å². The number of nitro benzene ring substituents is 1. The number of nitro groups is 1. The lowest BCUT2D eigenvalue weighted by Crippen LogP contribution is -2.14. The fraction of sp³-hybridized carbons (Fsp3) is 0.318. The van der Waals surface area contributed by atoms with Gasteiger partial charge in [-0.25, -0.2) is 4.99 Å². The van der Waals surface area contributed by atoms with Crippen molar-refractivity contribution in [2.75, 3.05) is 13.6 Å². The van der Waals surface area contributed by atoms with Crippen molar-refractivity contribution in [1.29, 1.82) is 0 Å². The van der Waals surface area contributed by atoms with Crippen LogP contribution >= 0.6 is 11.5 Å². The van der Waals surface area contributed by atoms with Gasteiger partial charge >= 0.3 is 0 Å². The summed E-state index contributed by atoms with van der Waals surface area (Å²) in [5, 5.41) is 11.7. The number of hydrogen-bond acceptors (Lipinski definition) is 7. The van der Waals surface area contributed by atoms with Gasteiger partial charge in [0.15, 0.2) is 5.82 Å². The van der Waals surface area contributed by atoms with Crippen molar-refractivity contribution in [3.8, 4) is 10.9 Å². The van der Waals surface area contributed by atoms with Crippen LogP contribution in [0.2, 0.25) is 0 Å². The summed E-state index contributed by atoms with van der Waals surface area (Å²) in [6, 6.07) is 9.06. The molecule has 8 nitrogen and oxygen atoms in total. The Balaban J connectivity index is 1.77. The molecule has 0 fully saturated rings. The summed E-state index contributed by atoms with van der Waals surface area (Å²) in [7, 11) is 1.97. The molecule has 0 spiro atoms. The van der Waals surface area contributed by atoms with Crippen LogP contribution in [-0.2, 0) is 6.42 Å². The zero-order valence-electron chi connectivity index (χ0n) is 18.2. The van der Waals surface area contributed by atoms with Crippen LogP contribution in [-0.4, -0.2) is 39.1 Å². The van der Waals surface area contributed by atoms with Crippen LogP contribution in [0.1, 0.15) is 35.0 Å². The molecule has 0 aliphatic heterocycles. The minimum atomic E-state index is -0.374. The number of aryl methyl sites for hydroxylation is 3. The lowest BCUT2D eigenvalue weighted by molar-refractivity contribution is -0.385. The van der Waals surface area contributed by atoms with E-state index in [0.29, 0.717) is 22.3 Å². The lowest BCUT2D eigenvalue weighted by atomic mass is 10.1. The summed E-state index contributed by atoms with van der Waals surface area (Å²) < 4.78 is 10.3. The smallest absolute Gasteiger partial charge is 0.298 e. The van der Waals surface area contributed by atoms with Crippen LogP contribution < -0.4 is 4.74 Å². The molecule has 3 rings (SSSR count). The largest absolute Gasteiger partial charge is 0.430 e. The molecule has 9 heteroatoms. The van der Waals surface area contributed by atoms with Crippen molar-refractivity contribution in [3.63, 3.8) is 0 Å². The van der Waals surface area contributed by atoms with Gasteiger partial charge < -0.3 is 9.64 Å². The number of nitrogens with zero attached hydrogens (tertiary/aromatic N) is 5. The number of benzene rings is 2. The van der Waals surface area contributed by atoms with Gasteiger partial charge in [0.25, 0.3) is 10.9 Å². The number of aromatic nitrogens is 2. The van der Waals surface area contributed by atoms with Crippen LogP contribution in [0.4, 0.5) is 11.4 Å². The van der Waals surface area contributed by atoms with E-state index in [1.165, 1.54) is 0 Å². The fourth-order valence-electron chi connectivity index (χ4n) is 2.87. The Morgan fingerprint density at radius 3 is 2.71 bits per heavy atom. The first-order chi connectivity index (χ1) is 14.8. The highest BCUT2D eigenvalue weighted by atomic mass is 32.1. The van der Waals surface area contributed by atoms with Gasteiger partial charge in [-0.05, 0) is 56.5 Å². The zero-order chi connectivity index (χ0) is 22.5. The Hall–Kier alpha value is -3.33. The van der Waals surface area contributed by atoms with Crippen molar-refractivity contribution in [2.24, 2.45) is 4.99 Å². The van der Waals surface area contributed by atoms with Crippen molar-refractivity contribution < 1.29 is 9.66 Å². The number of rotatable bonds is 8. The van der Waals surface area contributed by atoms with Crippen LogP contribution in [0.25, 0.3) is 0 Å². The second-order valence-electron chi connectivity index (χ2n) is 7.37. The Kier molecular flexibility index (Phi) is 6.96. The summed E-state index contributed by atoms with van der Waals surface area (Å²) >= 11 is 1.13. The van der Waals surface area contributed by atoms with Crippen LogP contribution in [0.3, 0.4) is 0 Å². The molecule has 1 aromatic heterocycles. The van der Waals surface area contributed by atoms with Gasteiger partial charge in [0.05, 0.1) is 16.9 Å². The molecule has 1 heterocycles. The maximum absolute atomic E-state index is 11.3. The highest BCUT2D eigenvalue weighted by Gasteiger charge is 2.17. The van der Waals surface area contributed by atoms with Crippen LogP contribution in [0.5, 0.6) is 10.9 Å². The Morgan fingerprint density at radius 2 is 2.00 bits per heavy atom. The Bertz CT molecular complexity index is 1130. The maximum Gasteiger partial charge on any atom is 0.298 e. The van der Waals surface area contributed by atoms with Crippen LogP contribution in [0, 0.1) is 30.9 Å². The topological polar surface area (TPSA) is 93.8 Å². The third-order valence-electron chi connectivity index (χ3n) is 4.82. The van der Waals surface area contributed by atoms with Crippen molar-refractivity contribution in [2.45, 2.75) is 34.1 Å². The summed E-state index contributed by atoms with van der Waals surface area (Å²) in [6.45, 7) is 8.71. The number of aliphatic imine (C=N–C) groups is 1. The van der Waals surface area contributed by atoms with E-state index < -0.39 is 0 Å². The molecule has 31 heavy (non-hydrogen) atoms. The molecule has 0 aliphatic carbocycles. The minimum absolute atomic E-state index is 0.0774. The highest BCUT2D eigenvalue weighted by Crippen LogP contribution is 2.32. The maximum atomic E-state index is 11.3. The average molecular weight is 440 g/mol. The summed E-state index contributed by atoms with van der Waals surface area (Å²) in [5.41, 5.74) is 4.30. The predicted molar refractivity (Wildman–Crippen MR) is 123 cm³/mol. The third-order valence-corrected chi connectivity index (χ3v) is 5.45. The molecular weight excluding hydrogens is 414 g/mol. The summed E-state index contributed by atoms with van der Waals surface area (Å²) in [5.74, 6) is 1.18. The van der Waals surface area contributed by atoms with E-state index in [-0.39, 0.29) is 17.0 Å². The molecule has 162 valence electrons. The van der Waals surface area contributed by atoms with Gasteiger partial charge in [-0.15, -0.1) is 0 Å². The quantitative estimate of drug-likeness (QED) is 0.203. The SMILES string of the molecule is CCN(C)/C=N\c1cc(C)c(Oc2nc(Cc3ccc(C)cc3[N+](=O)[O-])ns2)cc1C. The van der Waals surface area contributed by atoms with Gasteiger partial charge in [-0.3, -0.25) is 10.1 Å². The van der Waals surface area contributed by atoms with E-state index in [4.69, 9.17) is 4.74 Å². The molecule has 0 radical (unpaired) electrons. The summed E-state index contributed by atoms with van der Waals surface area (Å²) in [4.78, 5) is 21.9. The number of ether oxygens (including phenoxy) is 1. The highest BCUT2D eigenvalue weighted by molar-refractivity contribution is 7.07.